The number of hydrogen-bond donors (Lipinski definition) is 2. The molecular weight excluding hydrogens is 238 g/mol. The molecular formula is C15H33N3O. The van der Waals surface area contributed by atoms with Gasteiger partial charge in [-0.05, 0) is 47.3 Å². The van der Waals surface area contributed by atoms with E-state index in [9.17, 15) is 5.11 Å². The molecule has 0 aromatic carbocycles. The highest BCUT2D eigenvalue weighted by molar-refractivity contribution is 4.98. The second-order valence-electron chi connectivity index (χ2n) is 7.18. The van der Waals surface area contributed by atoms with Crippen molar-refractivity contribution in [1.82, 2.24) is 15.1 Å². The lowest BCUT2D eigenvalue weighted by molar-refractivity contribution is -0.0138. The van der Waals surface area contributed by atoms with Crippen molar-refractivity contribution in [2.24, 2.45) is 0 Å². The van der Waals surface area contributed by atoms with Crippen molar-refractivity contribution in [3.05, 3.63) is 0 Å². The summed E-state index contributed by atoms with van der Waals surface area (Å²) in [6.07, 6.45) is 3.88. The predicted octanol–water partition coefficient (Wildman–Crippen LogP) is 1.15. The maximum atomic E-state index is 10.4. The standard InChI is InChI=1S/C15H33N3O/c1-13(2)16-10-14(3,19)11-18(6)12-15(17(4)5)8-7-9-15/h13,16,19H,7-12H2,1-6H3. The van der Waals surface area contributed by atoms with Crippen molar-refractivity contribution in [2.75, 3.05) is 40.8 Å². The molecule has 19 heavy (non-hydrogen) atoms. The highest BCUT2D eigenvalue weighted by Crippen LogP contribution is 2.36. The third kappa shape index (κ3) is 5.03. The molecule has 2 N–H and O–H groups in total. The molecule has 1 unspecified atom stereocenters. The number of likely N-dealkylation sites (N-methyl/N-ethyl adjacent to an activating group) is 2. The molecule has 1 atom stereocenters. The molecule has 0 aliphatic heterocycles. The number of aliphatic hydroxyl groups is 1. The van der Waals surface area contributed by atoms with Crippen LogP contribution in [0, 0.1) is 0 Å². The number of rotatable bonds is 8. The zero-order valence-electron chi connectivity index (χ0n) is 13.7. The van der Waals surface area contributed by atoms with E-state index in [1.165, 1.54) is 19.3 Å². The van der Waals surface area contributed by atoms with Gasteiger partial charge in [-0.1, -0.05) is 13.8 Å². The van der Waals surface area contributed by atoms with Crippen LogP contribution in [0.15, 0.2) is 0 Å². The first-order valence-electron chi connectivity index (χ1n) is 7.49. The van der Waals surface area contributed by atoms with E-state index < -0.39 is 5.60 Å². The maximum Gasteiger partial charge on any atom is 0.0869 e. The van der Waals surface area contributed by atoms with Gasteiger partial charge in [0.05, 0.1) is 5.60 Å². The molecule has 1 saturated carbocycles. The van der Waals surface area contributed by atoms with Gasteiger partial charge in [0.1, 0.15) is 0 Å². The summed E-state index contributed by atoms with van der Waals surface area (Å²) in [7, 11) is 6.46. The molecule has 1 fully saturated rings. The maximum absolute atomic E-state index is 10.4. The van der Waals surface area contributed by atoms with Gasteiger partial charge < -0.3 is 20.2 Å². The molecule has 0 amide bonds. The van der Waals surface area contributed by atoms with E-state index in [4.69, 9.17) is 0 Å². The van der Waals surface area contributed by atoms with Crippen LogP contribution in [0.3, 0.4) is 0 Å². The molecule has 4 heteroatoms. The van der Waals surface area contributed by atoms with E-state index in [-0.39, 0.29) is 0 Å². The molecule has 4 nitrogen and oxygen atoms in total. The van der Waals surface area contributed by atoms with Crippen molar-refractivity contribution >= 4 is 0 Å². The average molecular weight is 271 g/mol. The van der Waals surface area contributed by atoms with Crippen LogP contribution in [0.5, 0.6) is 0 Å². The largest absolute Gasteiger partial charge is 0.388 e. The molecule has 0 bridgehead atoms. The van der Waals surface area contributed by atoms with Gasteiger partial charge in [-0.15, -0.1) is 0 Å². The van der Waals surface area contributed by atoms with Gasteiger partial charge in [-0.3, -0.25) is 0 Å². The van der Waals surface area contributed by atoms with Crippen LogP contribution < -0.4 is 5.32 Å². The Labute approximate surface area is 119 Å². The minimum Gasteiger partial charge on any atom is -0.388 e. The summed E-state index contributed by atoms with van der Waals surface area (Å²) in [6, 6.07) is 0.413. The molecule has 0 saturated heterocycles. The van der Waals surface area contributed by atoms with E-state index in [1.54, 1.807) is 0 Å². The fraction of sp³-hybridized carbons (Fsp3) is 1.00. The minimum absolute atomic E-state index is 0.330. The highest BCUT2D eigenvalue weighted by atomic mass is 16.3. The summed E-state index contributed by atoms with van der Waals surface area (Å²) in [5.41, 5.74) is -0.341. The minimum atomic E-state index is -0.670. The number of nitrogens with zero attached hydrogens (tertiary/aromatic N) is 2. The fourth-order valence-corrected chi connectivity index (χ4v) is 2.95. The summed E-state index contributed by atoms with van der Waals surface area (Å²) >= 11 is 0. The SMILES string of the molecule is CC(C)NCC(C)(O)CN(C)CC1(N(C)C)CCC1. The first-order valence-corrected chi connectivity index (χ1v) is 7.49. The van der Waals surface area contributed by atoms with E-state index in [2.05, 4.69) is 50.1 Å². The lowest BCUT2D eigenvalue weighted by Crippen LogP contribution is -2.58. The zero-order chi connectivity index (χ0) is 14.7. The van der Waals surface area contributed by atoms with E-state index in [0.29, 0.717) is 24.7 Å². The Morgan fingerprint density at radius 3 is 2.21 bits per heavy atom. The molecule has 0 spiro atoms. The van der Waals surface area contributed by atoms with Gasteiger partial charge in [-0.2, -0.15) is 0 Å². The first-order chi connectivity index (χ1) is 8.67. The Bertz CT molecular complexity index is 273. The van der Waals surface area contributed by atoms with Crippen LogP contribution in [0.2, 0.25) is 0 Å². The van der Waals surface area contributed by atoms with Crippen LogP contribution in [0.1, 0.15) is 40.0 Å². The molecule has 114 valence electrons. The van der Waals surface area contributed by atoms with Crippen LogP contribution in [-0.4, -0.2) is 72.9 Å². The topological polar surface area (TPSA) is 38.7 Å². The molecule has 0 aromatic heterocycles. The third-order valence-electron chi connectivity index (χ3n) is 4.30. The van der Waals surface area contributed by atoms with Gasteiger partial charge in [0.2, 0.25) is 0 Å². The Hall–Kier alpha value is -0.160. The number of hydrogen-bond acceptors (Lipinski definition) is 4. The lowest BCUT2D eigenvalue weighted by atomic mass is 9.75. The molecule has 0 heterocycles. The first kappa shape index (κ1) is 16.9. The van der Waals surface area contributed by atoms with E-state index >= 15 is 0 Å². The van der Waals surface area contributed by atoms with Crippen LogP contribution in [-0.2, 0) is 0 Å². The number of nitrogens with one attached hydrogen (secondary N) is 1. The Morgan fingerprint density at radius 1 is 1.26 bits per heavy atom. The Balaban J connectivity index is 2.43. The second-order valence-corrected chi connectivity index (χ2v) is 7.18. The Morgan fingerprint density at radius 2 is 1.84 bits per heavy atom. The summed E-state index contributed by atoms with van der Waals surface area (Å²) in [5, 5.41) is 13.8. The molecule has 0 aromatic rings. The van der Waals surface area contributed by atoms with Crippen LogP contribution in [0.25, 0.3) is 0 Å². The monoisotopic (exact) mass is 271 g/mol. The Kier molecular flexibility index (Phi) is 5.80. The fourth-order valence-electron chi connectivity index (χ4n) is 2.95. The summed E-state index contributed by atoms with van der Waals surface area (Å²) in [6.45, 7) is 8.52. The van der Waals surface area contributed by atoms with Gasteiger partial charge in [0.15, 0.2) is 0 Å². The molecule has 1 rings (SSSR count). The van der Waals surface area contributed by atoms with Crippen molar-refractivity contribution in [1.29, 1.82) is 0 Å². The van der Waals surface area contributed by atoms with Crippen molar-refractivity contribution < 1.29 is 5.11 Å². The lowest BCUT2D eigenvalue weighted by Gasteiger charge is -2.50. The molecule has 1 aliphatic rings. The highest BCUT2D eigenvalue weighted by Gasteiger charge is 2.40. The van der Waals surface area contributed by atoms with Gasteiger partial charge in [0.25, 0.3) is 0 Å². The summed E-state index contributed by atoms with van der Waals surface area (Å²) < 4.78 is 0. The van der Waals surface area contributed by atoms with Crippen molar-refractivity contribution in [3.8, 4) is 0 Å². The van der Waals surface area contributed by atoms with Gasteiger partial charge >= 0.3 is 0 Å². The quantitative estimate of drug-likeness (QED) is 0.695. The summed E-state index contributed by atoms with van der Waals surface area (Å²) in [5.74, 6) is 0. The zero-order valence-corrected chi connectivity index (χ0v) is 13.7. The van der Waals surface area contributed by atoms with Crippen LogP contribution in [0.4, 0.5) is 0 Å². The molecule has 0 radical (unpaired) electrons. The van der Waals surface area contributed by atoms with Gasteiger partial charge in [0, 0.05) is 31.2 Å². The summed E-state index contributed by atoms with van der Waals surface area (Å²) in [4.78, 5) is 4.63. The van der Waals surface area contributed by atoms with Crippen molar-refractivity contribution in [3.63, 3.8) is 0 Å². The van der Waals surface area contributed by atoms with Gasteiger partial charge in [-0.25, -0.2) is 0 Å². The smallest absolute Gasteiger partial charge is 0.0869 e. The van der Waals surface area contributed by atoms with Crippen molar-refractivity contribution in [2.45, 2.75) is 57.2 Å². The van der Waals surface area contributed by atoms with Crippen LogP contribution >= 0.6 is 0 Å². The van der Waals surface area contributed by atoms with E-state index in [1.807, 2.05) is 6.92 Å². The molecule has 1 aliphatic carbocycles. The third-order valence-corrected chi connectivity index (χ3v) is 4.30. The predicted molar refractivity (Wildman–Crippen MR) is 81.5 cm³/mol. The van der Waals surface area contributed by atoms with E-state index in [0.717, 1.165) is 6.54 Å². The average Bonchev–Trinajstić information content (AvgIpc) is 2.19. The second kappa shape index (κ2) is 6.53. The normalized spacial score (nSPS) is 21.8.